The molecule has 3 heterocycles. The van der Waals surface area contributed by atoms with Crippen molar-refractivity contribution in [3.63, 3.8) is 0 Å². The number of rotatable bonds is 4. The molecule has 1 fully saturated rings. The molecule has 2 aromatic heterocycles. The second-order valence-corrected chi connectivity index (χ2v) is 6.54. The van der Waals surface area contributed by atoms with Crippen LogP contribution in [0.2, 0.25) is 0 Å². The number of thiazole rings is 1. The van der Waals surface area contributed by atoms with Crippen LogP contribution in [0, 0.1) is 5.92 Å². The highest BCUT2D eigenvalue weighted by Gasteiger charge is 2.34. The molecule has 22 heavy (non-hydrogen) atoms. The molecule has 116 valence electrons. The van der Waals surface area contributed by atoms with E-state index in [4.69, 9.17) is 0 Å². The molecule has 1 aliphatic rings. The summed E-state index contributed by atoms with van der Waals surface area (Å²) in [4.78, 5) is 24.9. The normalized spacial score (nSPS) is 21.9. The van der Waals surface area contributed by atoms with E-state index in [0.29, 0.717) is 17.7 Å². The van der Waals surface area contributed by atoms with Crippen molar-refractivity contribution in [3.05, 3.63) is 46.7 Å². The Morgan fingerprint density at radius 1 is 1.55 bits per heavy atom. The van der Waals surface area contributed by atoms with Gasteiger partial charge in [-0.1, -0.05) is 6.07 Å². The minimum Gasteiger partial charge on any atom is -0.340 e. The van der Waals surface area contributed by atoms with E-state index in [1.165, 1.54) is 16.9 Å². The number of hydrogen-bond donors (Lipinski definition) is 0. The average molecular weight is 316 g/mol. The average Bonchev–Trinajstić information content (AvgIpc) is 3.18. The number of amides is 1. The first-order valence-electron chi connectivity index (χ1n) is 7.40. The minimum absolute atomic E-state index is 0.000685. The summed E-state index contributed by atoms with van der Waals surface area (Å²) in [5.41, 5.74) is 3.46. The summed E-state index contributed by atoms with van der Waals surface area (Å²) in [6.07, 6.45) is 4.82. The predicted molar refractivity (Wildman–Crippen MR) is 86.8 cm³/mol. The Hall–Kier alpha value is -1.79. The zero-order valence-corrected chi connectivity index (χ0v) is 13.7. The summed E-state index contributed by atoms with van der Waals surface area (Å²) in [5, 5.41) is 1.80. The molecular formula is C16H20N4OS. The van der Waals surface area contributed by atoms with Crippen molar-refractivity contribution in [3.8, 4) is 0 Å². The Morgan fingerprint density at radius 2 is 2.41 bits per heavy atom. The van der Waals surface area contributed by atoms with Crippen molar-refractivity contribution in [2.24, 2.45) is 5.92 Å². The molecule has 0 saturated carbocycles. The van der Waals surface area contributed by atoms with Gasteiger partial charge in [-0.25, -0.2) is 4.98 Å². The fourth-order valence-electron chi connectivity index (χ4n) is 3.24. The number of nitrogens with zero attached hydrogens (tertiary/aromatic N) is 4. The molecule has 0 spiro atoms. The Labute approximate surface area is 134 Å². The zero-order valence-electron chi connectivity index (χ0n) is 12.8. The van der Waals surface area contributed by atoms with E-state index < -0.39 is 0 Å². The van der Waals surface area contributed by atoms with E-state index in [1.54, 1.807) is 22.0 Å². The zero-order chi connectivity index (χ0) is 15.5. The maximum Gasteiger partial charge on any atom is 0.273 e. The fraction of sp³-hybridized carbons (Fsp3) is 0.438. The summed E-state index contributed by atoms with van der Waals surface area (Å²) in [6.45, 7) is 1.78. The SMILES string of the molecule is CN(C[C@@H]1CCN(C)[C@H]1c1cccnc1)C(=O)c1cscn1. The first kappa shape index (κ1) is 15.1. The van der Waals surface area contributed by atoms with Gasteiger partial charge in [0.05, 0.1) is 5.51 Å². The molecule has 0 aliphatic carbocycles. The lowest BCUT2D eigenvalue weighted by Gasteiger charge is -2.28. The standard InChI is InChI=1S/C16H20N4OS/c1-19-7-5-13(15(19)12-4-3-6-17-8-12)9-20(2)16(21)14-10-22-11-18-14/h3-4,6,8,10-11,13,15H,5,7,9H2,1-2H3/t13-,15-/m0/s1. The lowest BCUT2D eigenvalue weighted by atomic mass is 9.94. The molecule has 1 aliphatic heterocycles. The van der Waals surface area contributed by atoms with Gasteiger partial charge in [0.1, 0.15) is 5.69 Å². The molecule has 0 aromatic carbocycles. The van der Waals surface area contributed by atoms with E-state index in [2.05, 4.69) is 28.0 Å². The molecule has 0 unspecified atom stereocenters. The van der Waals surface area contributed by atoms with Gasteiger partial charge in [0, 0.05) is 37.4 Å². The third-order valence-corrected chi connectivity index (χ3v) is 4.89. The van der Waals surface area contributed by atoms with Crippen molar-refractivity contribution >= 4 is 17.2 Å². The van der Waals surface area contributed by atoms with Crippen LogP contribution in [0.3, 0.4) is 0 Å². The predicted octanol–water partition coefficient (Wildman–Crippen LogP) is 2.30. The summed E-state index contributed by atoms with van der Waals surface area (Å²) >= 11 is 1.45. The van der Waals surface area contributed by atoms with Crippen LogP contribution in [0.25, 0.3) is 0 Å². The summed E-state index contributed by atoms with van der Waals surface area (Å²) in [7, 11) is 4.00. The second kappa shape index (κ2) is 6.54. The van der Waals surface area contributed by atoms with Crippen molar-refractivity contribution < 1.29 is 4.79 Å². The lowest BCUT2D eigenvalue weighted by molar-refractivity contribution is 0.0756. The Bertz CT molecular complexity index is 616. The van der Waals surface area contributed by atoms with E-state index >= 15 is 0 Å². The summed E-state index contributed by atoms with van der Waals surface area (Å²) in [6, 6.07) is 4.41. The van der Waals surface area contributed by atoms with Gasteiger partial charge >= 0.3 is 0 Å². The van der Waals surface area contributed by atoms with Crippen LogP contribution >= 0.6 is 11.3 Å². The molecule has 1 saturated heterocycles. The molecule has 5 nitrogen and oxygen atoms in total. The van der Waals surface area contributed by atoms with Crippen LogP contribution < -0.4 is 0 Å². The summed E-state index contributed by atoms with van der Waals surface area (Å²) in [5.74, 6) is 0.419. The van der Waals surface area contributed by atoms with Crippen LogP contribution in [0.5, 0.6) is 0 Å². The third kappa shape index (κ3) is 3.03. The molecule has 0 bridgehead atoms. The van der Waals surface area contributed by atoms with Crippen LogP contribution in [0.1, 0.15) is 28.5 Å². The largest absolute Gasteiger partial charge is 0.340 e. The maximum atomic E-state index is 12.4. The van der Waals surface area contributed by atoms with Crippen molar-refractivity contribution in [2.75, 3.05) is 27.2 Å². The molecule has 2 aromatic rings. The van der Waals surface area contributed by atoms with Gasteiger partial charge in [0.2, 0.25) is 0 Å². The van der Waals surface area contributed by atoms with Gasteiger partial charge in [-0.2, -0.15) is 0 Å². The summed E-state index contributed by atoms with van der Waals surface area (Å²) < 4.78 is 0. The van der Waals surface area contributed by atoms with E-state index in [1.807, 2.05) is 19.3 Å². The fourth-order valence-corrected chi connectivity index (χ4v) is 3.77. The first-order valence-corrected chi connectivity index (χ1v) is 8.35. The highest BCUT2D eigenvalue weighted by molar-refractivity contribution is 7.07. The van der Waals surface area contributed by atoms with Crippen molar-refractivity contribution in [2.45, 2.75) is 12.5 Å². The Kier molecular flexibility index (Phi) is 4.49. The number of likely N-dealkylation sites (tertiary alicyclic amines) is 1. The maximum absolute atomic E-state index is 12.4. The number of hydrogen-bond acceptors (Lipinski definition) is 5. The highest BCUT2D eigenvalue weighted by atomic mass is 32.1. The van der Waals surface area contributed by atoms with Gasteiger partial charge in [-0.05, 0) is 37.6 Å². The van der Waals surface area contributed by atoms with Crippen LogP contribution in [-0.4, -0.2) is 52.9 Å². The Balaban J connectivity index is 1.72. The van der Waals surface area contributed by atoms with Crippen LogP contribution in [0.15, 0.2) is 35.4 Å². The van der Waals surface area contributed by atoms with Crippen LogP contribution in [-0.2, 0) is 0 Å². The number of carbonyl (C=O) groups is 1. The topological polar surface area (TPSA) is 49.3 Å². The number of aromatic nitrogens is 2. The molecule has 3 rings (SSSR count). The molecule has 6 heteroatoms. The van der Waals surface area contributed by atoms with Gasteiger partial charge in [-0.3, -0.25) is 14.7 Å². The molecule has 1 amide bonds. The highest BCUT2D eigenvalue weighted by Crippen LogP contribution is 2.36. The van der Waals surface area contributed by atoms with E-state index in [9.17, 15) is 4.79 Å². The third-order valence-electron chi connectivity index (χ3n) is 4.31. The first-order chi connectivity index (χ1) is 10.7. The smallest absolute Gasteiger partial charge is 0.273 e. The molecule has 0 radical (unpaired) electrons. The molecular weight excluding hydrogens is 296 g/mol. The second-order valence-electron chi connectivity index (χ2n) is 5.82. The van der Waals surface area contributed by atoms with Crippen LogP contribution in [0.4, 0.5) is 0 Å². The molecule has 0 N–H and O–H groups in total. The number of carbonyl (C=O) groups excluding carboxylic acids is 1. The lowest BCUT2D eigenvalue weighted by Crippen LogP contribution is -2.34. The van der Waals surface area contributed by atoms with Crippen molar-refractivity contribution in [1.29, 1.82) is 0 Å². The van der Waals surface area contributed by atoms with E-state index in [0.717, 1.165) is 19.5 Å². The van der Waals surface area contributed by atoms with Gasteiger partial charge in [-0.15, -0.1) is 11.3 Å². The monoisotopic (exact) mass is 316 g/mol. The quantitative estimate of drug-likeness (QED) is 0.868. The van der Waals surface area contributed by atoms with Gasteiger partial charge < -0.3 is 4.90 Å². The minimum atomic E-state index is 0.000685. The Morgan fingerprint density at radius 3 is 3.09 bits per heavy atom. The number of pyridine rings is 1. The van der Waals surface area contributed by atoms with Crippen molar-refractivity contribution in [1.82, 2.24) is 19.8 Å². The molecule has 2 atom stereocenters. The van der Waals surface area contributed by atoms with Gasteiger partial charge in [0.15, 0.2) is 0 Å². The van der Waals surface area contributed by atoms with Gasteiger partial charge in [0.25, 0.3) is 5.91 Å². The van der Waals surface area contributed by atoms with E-state index in [-0.39, 0.29) is 5.91 Å².